The summed E-state index contributed by atoms with van der Waals surface area (Å²) < 4.78 is 0. The molecule has 3 aromatic rings. The maximum Gasteiger partial charge on any atom is 0.0927 e. The Morgan fingerprint density at radius 2 is 1.32 bits per heavy atom. The average molecular weight is 416 g/mol. The minimum atomic E-state index is 0.733. The Balaban J connectivity index is 0.000000210. The van der Waals surface area contributed by atoms with Gasteiger partial charge in [0.05, 0.1) is 5.01 Å². The predicted molar refractivity (Wildman–Crippen MR) is 129 cm³/mol. The number of aromatic nitrogens is 1. The van der Waals surface area contributed by atoms with Crippen molar-refractivity contribution in [3.8, 4) is 0 Å². The van der Waals surface area contributed by atoms with Gasteiger partial charge >= 0.3 is 0 Å². The van der Waals surface area contributed by atoms with E-state index < -0.39 is 0 Å². The molecule has 0 aliphatic carbocycles. The number of hydrogen-bond acceptors (Lipinski definition) is 3. The van der Waals surface area contributed by atoms with E-state index in [1.807, 2.05) is 22.9 Å². The summed E-state index contributed by atoms with van der Waals surface area (Å²) >= 11 is 3.59. The fourth-order valence-electron chi connectivity index (χ4n) is 2.62. The highest BCUT2D eigenvalue weighted by Gasteiger charge is 1.98. The zero-order valence-corrected chi connectivity index (χ0v) is 20.0. The zero-order valence-electron chi connectivity index (χ0n) is 18.4. The van der Waals surface area contributed by atoms with Gasteiger partial charge in [0.25, 0.3) is 0 Å². The summed E-state index contributed by atoms with van der Waals surface area (Å²) in [6.45, 7) is 13.4. The summed E-state index contributed by atoms with van der Waals surface area (Å²) in [7, 11) is 0. The molecular formula is C25H37NS2. The molecule has 2 heterocycles. The van der Waals surface area contributed by atoms with Gasteiger partial charge in [0.1, 0.15) is 0 Å². The highest BCUT2D eigenvalue weighted by Crippen LogP contribution is 2.13. The fraction of sp³-hybridized carbons (Fsp3) is 0.480. The average Bonchev–Trinajstić information content (AvgIpc) is 3.29. The van der Waals surface area contributed by atoms with Crippen LogP contribution in [0.5, 0.6) is 0 Å². The topological polar surface area (TPSA) is 12.9 Å². The third-order valence-electron chi connectivity index (χ3n) is 3.74. The smallest absolute Gasteiger partial charge is 0.0927 e. The Bertz CT molecular complexity index is 643. The summed E-state index contributed by atoms with van der Waals surface area (Å²) in [6, 6.07) is 14.9. The number of benzene rings is 1. The van der Waals surface area contributed by atoms with Gasteiger partial charge in [-0.3, -0.25) is 0 Å². The first-order valence-electron chi connectivity index (χ1n) is 10.3. The lowest BCUT2D eigenvalue weighted by Gasteiger charge is -2.02. The third kappa shape index (κ3) is 12.9. The summed E-state index contributed by atoms with van der Waals surface area (Å²) in [5.41, 5.74) is 1.44. The van der Waals surface area contributed by atoms with Crippen molar-refractivity contribution >= 4 is 22.7 Å². The lowest BCUT2D eigenvalue weighted by molar-refractivity contribution is 0.644. The van der Waals surface area contributed by atoms with Crippen LogP contribution in [0.4, 0.5) is 0 Å². The molecule has 2 aromatic heterocycles. The largest absolute Gasteiger partial charge is 0.250 e. The van der Waals surface area contributed by atoms with E-state index in [1.165, 1.54) is 28.3 Å². The molecule has 0 aliphatic heterocycles. The van der Waals surface area contributed by atoms with E-state index in [0.29, 0.717) is 0 Å². The lowest BCUT2D eigenvalue weighted by atomic mass is 10.0. The standard InChI is InChI=1S/C10H14.C8H12S.C7H11NS/c1-9(2)8-10-6-4-3-5-7-10;1-7(2)6-8-4-3-5-9-8;1-6(2)5-7-8-3-4-9-7/h3-7,9H,8H2,1-2H3;3-5,7H,6H2,1-2H3;3-4,6H,5H2,1-2H3. The molecule has 0 amide bonds. The van der Waals surface area contributed by atoms with Crippen molar-refractivity contribution < 1.29 is 0 Å². The number of rotatable bonds is 6. The second-order valence-corrected chi connectivity index (χ2v) is 10.3. The van der Waals surface area contributed by atoms with Crippen LogP contribution in [-0.4, -0.2) is 4.98 Å². The molecule has 0 saturated heterocycles. The van der Waals surface area contributed by atoms with Crippen molar-refractivity contribution in [1.29, 1.82) is 0 Å². The van der Waals surface area contributed by atoms with Crippen molar-refractivity contribution in [2.45, 2.75) is 60.8 Å². The van der Waals surface area contributed by atoms with E-state index in [-0.39, 0.29) is 0 Å². The molecule has 0 spiro atoms. The van der Waals surface area contributed by atoms with Crippen molar-refractivity contribution in [2.24, 2.45) is 17.8 Å². The van der Waals surface area contributed by atoms with Gasteiger partial charge in [-0.2, -0.15) is 0 Å². The van der Waals surface area contributed by atoms with Gasteiger partial charge in [-0.15, -0.1) is 22.7 Å². The predicted octanol–water partition coefficient (Wildman–Crippen LogP) is 8.17. The highest BCUT2D eigenvalue weighted by molar-refractivity contribution is 7.10. The Morgan fingerprint density at radius 1 is 0.679 bits per heavy atom. The van der Waals surface area contributed by atoms with E-state index in [4.69, 9.17) is 0 Å². The Kier molecular flexibility index (Phi) is 12.8. The fourth-order valence-corrected chi connectivity index (χ4v) is 4.37. The second kappa shape index (κ2) is 14.5. The van der Waals surface area contributed by atoms with Crippen LogP contribution in [0.2, 0.25) is 0 Å². The van der Waals surface area contributed by atoms with Crippen LogP contribution in [0.3, 0.4) is 0 Å². The quantitative estimate of drug-likeness (QED) is 0.395. The van der Waals surface area contributed by atoms with Crippen molar-refractivity contribution in [2.75, 3.05) is 0 Å². The van der Waals surface area contributed by atoms with Crippen LogP contribution in [0.25, 0.3) is 0 Å². The highest BCUT2D eigenvalue weighted by atomic mass is 32.1. The summed E-state index contributed by atoms with van der Waals surface area (Å²) in [5.74, 6) is 2.29. The number of thiophene rings is 1. The first-order valence-corrected chi connectivity index (χ1v) is 12.1. The Hall–Kier alpha value is -1.45. The molecule has 0 atom stereocenters. The third-order valence-corrected chi connectivity index (χ3v) is 5.44. The van der Waals surface area contributed by atoms with Crippen molar-refractivity contribution in [3.63, 3.8) is 0 Å². The Labute approximate surface area is 180 Å². The normalized spacial score (nSPS) is 10.5. The zero-order chi connectivity index (χ0) is 20.8. The van der Waals surface area contributed by atoms with Crippen LogP contribution in [0.15, 0.2) is 59.4 Å². The van der Waals surface area contributed by atoms with Gasteiger partial charge in [-0.1, -0.05) is 77.9 Å². The van der Waals surface area contributed by atoms with Gasteiger partial charge in [0.2, 0.25) is 0 Å². The molecule has 0 unspecified atom stereocenters. The van der Waals surface area contributed by atoms with Crippen LogP contribution in [0, 0.1) is 17.8 Å². The maximum atomic E-state index is 4.17. The molecule has 0 fully saturated rings. The summed E-state index contributed by atoms with van der Waals surface area (Å²) in [4.78, 5) is 5.68. The van der Waals surface area contributed by atoms with Crippen molar-refractivity contribution in [1.82, 2.24) is 4.98 Å². The molecule has 154 valence electrons. The van der Waals surface area contributed by atoms with Gasteiger partial charge in [-0.25, -0.2) is 4.98 Å². The van der Waals surface area contributed by atoms with Gasteiger partial charge in [0.15, 0.2) is 0 Å². The SMILES string of the molecule is CC(C)Cc1ccccc1.CC(C)Cc1cccs1.CC(C)Cc1nccs1. The molecule has 0 bridgehead atoms. The molecule has 3 heteroatoms. The van der Waals surface area contributed by atoms with Gasteiger partial charge < -0.3 is 0 Å². The number of nitrogens with zero attached hydrogens (tertiary/aromatic N) is 1. The molecule has 1 aromatic carbocycles. The van der Waals surface area contributed by atoms with E-state index in [2.05, 4.69) is 94.4 Å². The van der Waals surface area contributed by atoms with E-state index in [0.717, 1.165) is 24.2 Å². The number of hydrogen-bond donors (Lipinski definition) is 0. The van der Waals surface area contributed by atoms with E-state index in [9.17, 15) is 0 Å². The van der Waals surface area contributed by atoms with E-state index >= 15 is 0 Å². The summed E-state index contributed by atoms with van der Waals surface area (Å²) in [6.07, 6.45) is 5.42. The molecule has 3 rings (SSSR count). The van der Waals surface area contributed by atoms with Gasteiger partial charge in [-0.05, 0) is 47.6 Å². The van der Waals surface area contributed by atoms with E-state index in [1.54, 1.807) is 11.3 Å². The Morgan fingerprint density at radius 3 is 1.79 bits per heavy atom. The minimum absolute atomic E-state index is 0.733. The second-order valence-electron chi connectivity index (χ2n) is 8.28. The molecular weight excluding hydrogens is 378 g/mol. The van der Waals surface area contributed by atoms with Crippen LogP contribution < -0.4 is 0 Å². The molecule has 0 saturated carbocycles. The first-order chi connectivity index (χ1) is 13.4. The maximum absolute atomic E-state index is 4.17. The van der Waals surface area contributed by atoms with Crippen LogP contribution >= 0.6 is 22.7 Å². The summed E-state index contributed by atoms with van der Waals surface area (Å²) in [5, 5.41) is 5.42. The molecule has 0 radical (unpaired) electrons. The molecule has 28 heavy (non-hydrogen) atoms. The first kappa shape index (κ1) is 24.6. The minimum Gasteiger partial charge on any atom is -0.250 e. The monoisotopic (exact) mass is 415 g/mol. The molecule has 0 N–H and O–H groups in total. The van der Waals surface area contributed by atoms with Gasteiger partial charge in [0, 0.05) is 22.9 Å². The molecule has 0 aliphatic rings. The van der Waals surface area contributed by atoms with Crippen LogP contribution in [-0.2, 0) is 19.3 Å². The molecule has 1 nitrogen and oxygen atoms in total. The number of thiazole rings is 1. The van der Waals surface area contributed by atoms with Crippen LogP contribution in [0.1, 0.15) is 57.0 Å². The van der Waals surface area contributed by atoms with Crippen molar-refractivity contribution in [3.05, 3.63) is 74.9 Å². The lowest BCUT2D eigenvalue weighted by Crippen LogP contribution is -1.92.